The van der Waals surface area contributed by atoms with E-state index in [1.807, 2.05) is 18.7 Å². The molecule has 1 aliphatic heterocycles. The first kappa shape index (κ1) is 13.7. The molecule has 0 saturated carbocycles. The molecule has 1 aromatic rings. The fourth-order valence-electron chi connectivity index (χ4n) is 2.14. The Balaban J connectivity index is 2.27. The van der Waals surface area contributed by atoms with Crippen LogP contribution in [0.15, 0.2) is 6.07 Å². The number of nitrogen functional groups attached to an aromatic ring is 1. The average Bonchev–Trinajstić information content (AvgIpc) is 2.37. The number of anilines is 1. The third kappa shape index (κ3) is 3.18. The van der Waals surface area contributed by atoms with Crippen LogP contribution in [0.4, 0.5) is 5.95 Å². The molecule has 2 heterocycles. The van der Waals surface area contributed by atoms with Gasteiger partial charge in [-0.3, -0.25) is 5.41 Å². The van der Waals surface area contributed by atoms with Gasteiger partial charge in [0.05, 0.1) is 18.8 Å². The smallest absolute Gasteiger partial charge is 0.226 e. The lowest BCUT2D eigenvalue weighted by atomic mass is 10.2. The summed E-state index contributed by atoms with van der Waals surface area (Å²) < 4.78 is 5.58. The number of hydrogen-bond acceptors (Lipinski definition) is 6. The number of aryl methyl sites for hydroxylation is 1. The lowest BCUT2D eigenvalue weighted by Gasteiger charge is -2.36. The summed E-state index contributed by atoms with van der Waals surface area (Å²) in [5.74, 6) is 0.450. The van der Waals surface area contributed by atoms with Crippen molar-refractivity contribution in [1.29, 1.82) is 5.41 Å². The molecule has 0 radical (unpaired) electrons. The minimum absolute atomic E-state index is 0.00390. The highest BCUT2D eigenvalue weighted by Crippen LogP contribution is 2.17. The van der Waals surface area contributed by atoms with E-state index < -0.39 is 0 Å². The molecule has 19 heavy (non-hydrogen) atoms. The van der Waals surface area contributed by atoms with Crippen molar-refractivity contribution in [3.05, 3.63) is 17.5 Å². The molecule has 4 N–H and O–H groups in total. The van der Waals surface area contributed by atoms with Crippen molar-refractivity contribution in [2.45, 2.75) is 26.1 Å². The molecular formula is C12H19N5O2. The van der Waals surface area contributed by atoms with Crippen LogP contribution in [0.3, 0.4) is 0 Å². The third-order valence-corrected chi connectivity index (χ3v) is 2.93. The largest absolute Gasteiger partial charge is 0.394 e. The summed E-state index contributed by atoms with van der Waals surface area (Å²) in [5, 5.41) is 16.7. The highest BCUT2D eigenvalue weighted by Gasteiger charge is 2.26. The van der Waals surface area contributed by atoms with Gasteiger partial charge in [-0.2, -0.15) is 0 Å². The van der Waals surface area contributed by atoms with E-state index in [4.69, 9.17) is 15.9 Å². The second-order valence-electron chi connectivity index (χ2n) is 4.76. The van der Waals surface area contributed by atoms with Crippen LogP contribution in [-0.2, 0) is 4.74 Å². The van der Waals surface area contributed by atoms with E-state index in [1.165, 1.54) is 0 Å². The molecule has 0 bridgehead atoms. The first-order valence-electron chi connectivity index (χ1n) is 6.21. The highest BCUT2D eigenvalue weighted by molar-refractivity contribution is 5.93. The summed E-state index contributed by atoms with van der Waals surface area (Å²) in [4.78, 5) is 10.6. The summed E-state index contributed by atoms with van der Waals surface area (Å²) in [6.45, 7) is 4.92. The van der Waals surface area contributed by atoms with Crippen LogP contribution in [-0.4, -0.2) is 52.8 Å². The Labute approximate surface area is 111 Å². The Hall–Kier alpha value is -1.73. The lowest BCUT2D eigenvalue weighted by molar-refractivity contribution is -0.0425. The molecule has 1 aliphatic rings. The van der Waals surface area contributed by atoms with E-state index in [0.29, 0.717) is 24.7 Å². The van der Waals surface area contributed by atoms with Crippen molar-refractivity contribution in [3.8, 4) is 0 Å². The minimum Gasteiger partial charge on any atom is -0.394 e. The molecular weight excluding hydrogens is 246 g/mol. The topological polar surface area (TPSA) is 108 Å². The van der Waals surface area contributed by atoms with Crippen molar-refractivity contribution in [1.82, 2.24) is 9.97 Å². The molecule has 2 rings (SSSR count). The number of aliphatic hydroxyl groups excluding tert-OH is 1. The Morgan fingerprint density at radius 2 is 2.32 bits per heavy atom. The van der Waals surface area contributed by atoms with E-state index in [9.17, 15) is 5.11 Å². The summed E-state index contributed by atoms with van der Waals surface area (Å²) in [6.07, 6.45) is -0.246. The number of nitrogens with one attached hydrogen (secondary N) is 1. The van der Waals surface area contributed by atoms with Gasteiger partial charge in [-0.05, 0) is 19.9 Å². The maximum absolute atomic E-state index is 9.22. The Morgan fingerprint density at radius 1 is 1.58 bits per heavy atom. The SMILES string of the molecule is Cc1cc(C(=N)N)nc(N2CC(C)OC(CO)C2)n1. The number of amidine groups is 1. The van der Waals surface area contributed by atoms with Gasteiger partial charge in [0.25, 0.3) is 0 Å². The maximum Gasteiger partial charge on any atom is 0.226 e. The fraction of sp³-hybridized carbons (Fsp3) is 0.583. The Morgan fingerprint density at radius 3 is 2.95 bits per heavy atom. The number of morpholine rings is 1. The van der Waals surface area contributed by atoms with Crippen LogP contribution < -0.4 is 10.6 Å². The quantitative estimate of drug-likeness (QED) is 0.509. The first-order chi connectivity index (χ1) is 8.99. The molecule has 7 nitrogen and oxygen atoms in total. The number of hydrogen-bond donors (Lipinski definition) is 3. The van der Waals surface area contributed by atoms with E-state index in [0.717, 1.165) is 5.69 Å². The second kappa shape index (κ2) is 5.50. The molecule has 0 spiro atoms. The molecule has 2 unspecified atom stereocenters. The van der Waals surface area contributed by atoms with E-state index >= 15 is 0 Å². The molecule has 0 aliphatic carbocycles. The molecule has 2 atom stereocenters. The molecule has 1 saturated heterocycles. The number of nitrogens with zero attached hydrogens (tertiary/aromatic N) is 3. The number of aliphatic hydroxyl groups is 1. The van der Waals surface area contributed by atoms with Crippen molar-refractivity contribution in [2.24, 2.45) is 5.73 Å². The fourth-order valence-corrected chi connectivity index (χ4v) is 2.14. The second-order valence-corrected chi connectivity index (χ2v) is 4.76. The predicted octanol–water partition coefficient (Wildman–Crippen LogP) is -0.345. The van der Waals surface area contributed by atoms with E-state index in [-0.39, 0.29) is 24.7 Å². The van der Waals surface area contributed by atoms with E-state index in [1.54, 1.807) is 6.07 Å². The van der Waals surface area contributed by atoms with Gasteiger partial charge in [0.2, 0.25) is 5.95 Å². The molecule has 0 aromatic carbocycles. The van der Waals surface area contributed by atoms with Gasteiger partial charge in [0.1, 0.15) is 11.5 Å². The standard InChI is InChI=1S/C12H19N5O2/c1-7-3-10(11(13)14)16-12(15-7)17-4-8(2)19-9(5-17)6-18/h3,8-9,18H,4-6H2,1-2H3,(H3,13,14). The Bertz CT molecular complexity index is 479. The average molecular weight is 265 g/mol. The van der Waals surface area contributed by atoms with Gasteiger partial charge in [-0.15, -0.1) is 0 Å². The molecule has 7 heteroatoms. The zero-order chi connectivity index (χ0) is 14.0. The van der Waals surface area contributed by atoms with Gasteiger partial charge < -0.3 is 20.5 Å². The summed E-state index contributed by atoms with van der Waals surface area (Å²) in [7, 11) is 0. The number of rotatable bonds is 3. The number of aromatic nitrogens is 2. The van der Waals surface area contributed by atoms with Crippen molar-refractivity contribution in [2.75, 3.05) is 24.6 Å². The van der Waals surface area contributed by atoms with Crippen LogP contribution in [0.2, 0.25) is 0 Å². The maximum atomic E-state index is 9.22. The van der Waals surface area contributed by atoms with Crippen molar-refractivity contribution in [3.63, 3.8) is 0 Å². The molecule has 104 valence electrons. The van der Waals surface area contributed by atoms with Crippen molar-refractivity contribution < 1.29 is 9.84 Å². The molecule has 1 aromatic heterocycles. The normalized spacial score (nSPS) is 23.4. The third-order valence-electron chi connectivity index (χ3n) is 2.93. The number of nitrogens with two attached hydrogens (primary N) is 1. The molecule has 1 fully saturated rings. The summed E-state index contributed by atoms with van der Waals surface area (Å²) >= 11 is 0. The summed E-state index contributed by atoms with van der Waals surface area (Å²) in [5.41, 5.74) is 6.65. The van der Waals surface area contributed by atoms with E-state index in [2.05, 4.69) is 9.97 Å². The Kier molecular flexibility index (Phi) is 3.96. The zero-order valence-electron chi connectivity index (χ0n) is 11.1. The van der Waals surface area contributed by atoms with Gasteiger partial charge in [-0.25, -0.2) is 9.97 Å². The number of ether oxygens (including phenoxy) is 1. The van der Waals surface area contributed by atoms with Crippen molar-refractivity contribution >= 4 is 11.8 Å². The first-order valence-corrected chi connectivity index (χ1v) is 6.21. The minimum atomic E-state index is -0.242. The molecule has 0 amide bonds. The monoisotopic (exact) mass is 265 g/mol. The van der Waals surface area contributed by atoms with Crippen LogP contribution in [0.1, 0.15) is 18.3 Å². The van der Waals surface area contributed by atoms with Gasteiger partial charge >= 0.3 is 0 Å². The van der Waals surface area contributed by atoms with Crippen LogP contribution >= 0.6 is 0 Å². The van der Waals surface area contributed by atoms with Crippen LogP contribution in [0.5, 0.6) is 0 Å². The summed E-state index contributed by atoms with van der Waals surface area (Å²) in [6, 6.07) is 1.68. The van der Waals surface area contributed by atoms with Gasteiger partial charge in [-0.1, -0.05) is 0 Å². The van der Waals surface area contributed by atoms with Gasteiger partial charge in [0.15, 0.2) is 0 Å². The lowest BCUT2D eigenvalue weighted by Crippen LogP contribution is -2.48. The highest BCUT2D eigenvalue weighted by atomic mass is 16.5. The van der Waals surface area contributed by atoms with Crippen LogP contribution in [0, 0.1) is 12.3 Å². The zero-order valence-corrected chi connectivity index (χ0v) is 11.1. The van der Waals surface area contributed by atoms with Crippen LogP contribution in [0.25, 0.3) is 0 Å². The predicted molar refractivity (Wildman–Crippen MR) is 71.4 cm³/mol. The van der Waals surface area contributed by atoms with Gasteiger partial charge in [0, 0.05) is 18.8 Å².